The van der Waals surface area contributed by atoms with Crippen LogP contribution in [-0.2, 0) is 11.3 Å². The van der Waals surface area contributed by atoms with Gasteiger partial charge in [-0.1, -0.05) is 31.0 Å². The summed E-state index contributed by atoms with van der Waals surface area (Å²) in [4.78, 5) is 2.30. The van der Waals surface area contributed by atoms with Crippen LogP contribution in [0, 0.1) is 5.82 Å². The molecule has 0 amide bonds. The Bertz CT molecular complexity index is 392. The summed E-state index contributed by atoms with van der Waals surface area (Å²) in [5, 5.41) is 9.98. The zero-order valence-electron chi connectivity index (χ0n) is 11.9. The van der Waals surface area contributed by atoms with Crippen LogP contribution in [0.15, 0.2) is 24.3 Å². The van der Waals surface area contributed by atoms with Crippen molar-refractivity contribution >= 4 is 0 Å². The number of hydrogen-bond acceptors (Lipinski definition) is 3. The van der Waals surface area contributed by atoms with Crippen LogP contribution in [0.2, 0.25) is 0 Å². The fourth-order valence-electron chi connectivity index (χ4n) is 2.59. The Morgan fingerprint density at radius 3 is 2.55 bits per heavy atom. The maximum atomic E-state index is 13.4. The second-order valence-electron chi connectivity index (χ2n) is 5.48. The summed E-state index contributed by atoms with van der Waals surface area (Å²) in [5.74, 6) is -0.255. The van der Waals surface area contributed by atoms with Crippen molar-refractivity contribution in [2.45, 2.75) is 38.4 Å². The van der Waals surface area contributed by atoms with Gasteiger partial charge in [-0.2, -0.15) is 0 Å². The van der Waals surface area contributed by atoms with Gasteiger partial charge >= 0.3 is 0 Å². The largest absolute Gasteiger partial charge is 0.389 e. The lowest BCUT2D eigenvalue weighted by atomic mass is 10.2. The fourth-order valence-corrected chi connectivity index (χ4v) is 2.59. The van der Waals surface area contributed by atoms with Gasteiger partial charge in [0.1, 0.15) is 5.82 Å². The average molecular weight is 281 g/mol. The molecule has 1 unspecified atom stereocenters. The van der Waals surface area contributed by atoms with Crippen molar-refractivity contribution in [1.29, 1.82) is 0 Å². The molecule has 1 saturated heterocycles. The number of ether oxygens (including phenoxy) is 1. The van der Waals surface area contributed by atoms with E-state index in [1.54, 1.807) is 18.2 Å². The highest BCUT2D eigenvalue weighted by atomic mass is 19.1. The lowest BCUT2D eigenvalue weighted by Gasteiger charge is -2.23. The van der Waals surface area contributed by atoms with Gasteiger partial charge in [-0.15, -0.1) is 0 Å². The molecule has 1 aliphatic rings. The van der Waals surface area contributed by atoms with Crippen LogP contribution in [0.4, 0.5) is 4.39 Å². The van der Waals surface area contributed by atoms with Gasteiger partial charge in [-0.3, -0.25) is 0 Å². The molecule has 0 saturated carbocycles. The Morgan fingerprint density at radius 2 is 1.85 bits per heavy atom. The van der Waals surface area contributed by atoms with Gasteiger partial charge in [0.05, 0.1) is 19.3 Å². The number of β-amino-alcohol motifs (C(OH)–C–C–N with tert-alkyl or cyclic N) is 1. The fraction of sp³-hybridized carbons (Fsp3) is 0.625. The first-order valence-corrected chi connectivity index (χ1v) is 7.47. The third-order valence-corrected chi connectivity index (χ3v) is 3.69. The van der Waals surface area contributed by atoms with Gasteiger partial charge in [0, 0.05) is 12.1 Å². The monoisotopic (exact) mass is 281 g/mol. The van der Waals surface area contributed by atoms with Gasteiger partial charge in [0.25, 0.3) is 0 Å². The van der Waals surface area contributed by atoms with Crippen LogP contribution in [0.25, 0.3) is 0 Å². The normalized spacial score (nSPS) is 18.7. The summed E-state index contributed by atoms with van der Waals surface area (Å²) >= 11 is 0. The third kappa shape index (κ3) is 5.19. The number of aliphatic hydroxyl groups excluding tert-OH is 1. The number of hydrogen-bond donors (Lipinski definition) is 1. The van der Waals surface area contributed by atoms with Gasteiger partial charge in [0.2, 0.25) is 0 Å². The minimum atomic E-state index is -0.500. The number of rotatable bonds is 6. The molecule has 1 heterocycles. The van der Waals surface area contributed by atoms with Gasteiger partial charge < -0.3 is 14.7 Å². The zero-order valence-corrected chi connectivity index (χ0v) is 11.9. The highest BCUT2D eigenvalue weighted by Crippen LogP contribution is 2.11. The molecule has 112 valence electrons. The molecule has 0 aromatic heterocycles. The van der Waals surface area contributed by atoms with Crippen LogP contribution < -0.4 is 0 Å². The summed E-state index contributed by atoms with van der Waals surface area (Å²) < 4.78 is 18.8. The van der Waals surface area contributed by atoms with Gasteiger partial charge in [-0.25, -0.2) is 4.39 Å². The van der Waals surface area contributed by atoms with Crippen molar-refractivity contribution in [3.05, 3.63) is 35.6 Å². The van der Waals surface area contributed by atoms with Crippen molar-refractivity contribution in [2.75, 3.05) is 26.2 Å². The predicted molar refractivity (Wildman–Crippen MR) is 77.0 cm³/mol. The second kappa shape index (κ2) is 8.35. The molecule has 1 aromatic rings. The standard InChI is InChI=1S/C16H24FNO2/c17-16-8-4-3-7-14(16)12-20-13-15(19)11-18-9-5-1-2-6-10-18/h3-4,7-8,15,19H,1-2,5-6,9-13H2. The SMILES string of the molecule is OC(COCc1ccccc1F)CN1CCCCCC1. The average Bonchev–Trinajstić information content (AvgIpc) is 2.69. The van der Waals surface area contributed by atoms with Gasteiger partial charge in [-0.05, 0) is 32.0 Å². The second-order valence-corrected chi connectivity index (χ2v) is 5.48. The number of benzene rings is 1. The summed E-state index contributed by atoms with van der Waals surface area (Å²) in [6, 6.07) is 6.57. The summed E-state index contributed by atoms with van der Waals surface area (Å²) in [5.41, 5.74) is 0.537. The van der Waals surface area contributed by atoms with E-state index in [4.69, 9.17) is 4.74 Å². The molecular weight excluding hydrogens is 257 g/mol. The molecule has 2 rings (SSSR count). The van der Waals surface area contributed by atoms with E-state index in [1.165, 1.54) is 31.7 Å². The Hall–Kier alpha value is -0.970. The Kier molecular flexibility index (Phi) is 6.43. The first kappa shape index (κ1) is 15.4. The van der Waals surface area contributed by atoms with E-state index in [0.717, 1.165) is 13.1 Å². The molecule has 3 nitrogen and oxygen atoms in total. The third-order valence-electron chi connectivity index (χ3n) is 3.69. The van der Waals surface area contributed by atoms with E-state index in [2.05, 4.69) is 4.90 Å². The lowest BCUT2D eigenvalue weighted by Crippen LogP contribution is -2.35. The number of aliphatic hydroxyl groups is 1. The summed E-state index contributed by atoms with van der Waals surface area (Å²) in [6.45, 7) is 3.24. The van der Waals surface area contributed by atoms with Crippen LogP contribution in [0.5, 0.6) is 0 Å². The molecule has 1 fully saturated rings. The van der Waals surface area contributed by atoms with E-state index < -0.39 is 6.10 Å². The molecule has 0 aliphatic carbocycles. The van der Waals surface area contributed by atoms with Crippen molar-refractivity contribution in [2.24, 2.45) is 0 Å². The molecular formula is C16H24FNO2. The Labute approximate surface area is 120 Å². The number of halogens is 1. The molecule has 4 heteroatoms. The molecule has 1 N–H and O–H groups in total. The van der Waals surface area contributed by atoms with E-state index in [0.29, 0.717) is 12.1 Å². The first-order valence-electron chi connectivity index (χ1n) is 7.47. The predicted octanol–water partition coefficient (Wildman–Crippen LogP) is 2.58. The van der Waals surface area contributed by atoms with Crippen molar-refractivity contribution in [1.82, 2.24) is 4.90 Å². The smallest absolute Gasteiger partial charge is 0.128 e. The highest BCUT2D eigenvalue weighted by Gasteiger charge is 2.14. The minimum absolute atomic E-state index is 0.212. The maximum absolute atomic E-state index is 13.4. The molecule has 1 atom stereocenters. The number of nitrogens with zero attached hydrogens (tertiary/aromatic N) is 1. The van der Waals surface area contributed by atoms with E-state index >= 15 is 0 Å². The molecule has 1 aromatic carbocycles. The van der Waals surface area contributed by atoms with Crippen LogP contribution >= 0.6 is 0 Å². The first-order chi connectivity index (χ1) is 9.75. The number of likely N-dealkylation sites (tertiary alicyclic amines) is 1. The van der Waals surface area contributed by atoms with Crippen molar-refractivity contribution in [3.8, 4) is 0 Å². The van der Waals surface area contributed by atoms with Crippen LogP contribution in [0.1, 0.15) is 31.2 Å². The van der Waals surface area contributed by atoms with E-state index in [9.17, 15) is 9.50 Å². The Morgan fingerprint density at radius 1 is 1.15 bits per heavy atom. The summed E-state index contributed by atoms with van der Waals surface area (Å²) in [7, 11) is 0. The molecule has 0 bridgehead atoms. The van der Waals surface area contributed by atoms with E-state index in [-0.39, 0.29) is 19.0 Å². The molecule has 0 spiro atoms. The lowest BCUT2D eigenvalue weighted by molar-refractivity contribution is 0.00965. The molecule has 20 heavy (non-hydrogen) atoms. The highest BCUT2D eigenvalue weighted by molar-refractivity contribution is 5.16. The quantitative estimate of drug-likeness (QED) is 0.870. The zero-order chi connectivity index (χ0) is 14.2. The van der Waals surface area contributed by atoms with Gasteiger partial charge in [0.15, 0.2) is 0 Å². The maximum Gasteiger partial charge on any atom is 0.128 e. The molecule has 0 radical (unpaired) electrons. The van der Waals surface area contributed by atoms with Crippen LogP contribution in [-0.4, -0.2) is 42.4 Å². The minimum Gasteiger partial charge on any atom is -0.389 e. The van der Waals surface area contributed by atoms with Crippen molar-refractivity contribution in [3.63, 3.8) is 0 Å². The topological polar surface area (TPSA) is 32.7 Å². The van der Waals surface area contributed by atoms with Crippen LogP contribution in [0.3, 0.4) is 0 Å². The van der Waals surface area contributed by atoms with E-state index in [1.807, 2.05) is 0 Å². The summed E-state index contributed by atoms with van der Waals surface area (Å²) in [6.07, 6.45) is 4.50. The molecule has 1 aliphatic heterocycles. The Balaban J connectivity index is 1.67. The van der Waals surface area contributed by atoms with Crippen molar-refractivity contribution < 1.29 is 14.2 Å².